The average Bonchev–Trinajstić information content (AvgIpc) is 3.16. The molecule has 22 heavy (non-hydrogen) atoms. The quantitative estimate of drug-likeness (QED) is 0.942. The molecule has 0 saturated carbocycles. The summed E-state index contributed by atoms with van der Waals surface area (Å²) in [7, 11) is 0. The van der Waals surface area contributed by atoms with E-state index in [9.17, 15) is 0 Å². The van der Waals surface area contributed by atoms with E-state index in [1.807, 2.05) is 18.7 Å². The maximum atomic E-state index is 5.47. The first-order valence-electron chi connectivity index (χ1n) is 7.83. The van der Waals surface area contributed by atoms with Gasteiger partial charge in [0.15, 0.2) is 0 Å². The van der Waals surface area contributed by atoms with Crippen molar-refractivity contribution in [1.82, 2.24) is 14.5 Å². The van der Waals surface area contributed by atoms with Crippen LogP contribution in [0.4, 0.5) is 5.82 Å². The molecule has 3 rings (SSSR count). The summed E-state index contributed by atoms with van der Waals surface area (Å²) >= 11 is 0. The first-order chi connectivity index (χ1) is 10.5. The predicted molar refractivity (Wildman–Crippen MR) is 87.0 cm³/mol. The second-order valence-corrected chi connectivity index (χ2v) is 6.81. The zero-order valence-corrected chi connectivity index (χ0v) is 13.5. The number of rotatable bonds is 4. The lowest BCUT2D eigenvalue weighted by molar-refractivity contribution is 0.194. The SMILES string of the molecule is CC(C)(C)n1cncc1CNc1cc(C2CCOC2)ccn1. The highest BCUT2D eigenvalue weighted by molar-refractivity contribution is 5.39. The molecule has 0 aromatic carbocycles. The monoisotopic (exact) mass is 300 g/mol. The summed E-state index contributed by atoms with van der Waals surface area (Å²) in [6.07, 6.45) is 6.76. The maximum absolute atomic E-state index is 5.47. The lowest BCUT2D eigenvalue weighted by atomic mass is 10.00. The van der Waals surface area contributed by atoms with Crippen LogP contribution in [0, 0.1) is 0 Å². The lowest BCUT2D eigenvalue weighted by Gasteiger charge is -2.23. The third-order valence-electron chi connectivity index (χ3n) is 4.07. The molecule has 1 aliphatic heterocycles. The van der Waals surface area contributed by atoms with E-state index in [-0.39, 0.29) is 5.54 Å². The minimum atomic E-state index is 0.0317. The lowest BCUT2D eigenvalue weighted by Crippen LogP contribution is -2.24. The Labute approximate surface area is 131 Å². The molecule has 1 aliphatic rings. The molecule has 1 fully saturated rings. The zero-order chi connectivity index (χ0) is 15.6. The van der Waals surface area contributed by atoms with Crippen molar-refractivity contribution < 1.29 is 4.74 Å². The van der Waals surface area contributed by atoms with E-state index in [0.717, 1.165) is 37.7 Å². The Morgan fingerprint density at radius 3 is 3.00 bits per heavy atom. The van der Waals surface area contributed by atoms with E-state index in [2.05, 4.69) is 52.8 Å². The Bertz CT molecular complexity index is 624. The molecule has 1 N–H and O–H groups in total. The third-order valence-corrected chi connectivity index (χ3v) is 4.07. The van der Waals surface area contributed by atoms with Crippen LogP contribution in [0.5, 0.6) is 0 Å². The smallest absolute Gasteiger partial charge is 0.126 e. The van der Waals surface area contributed by atoms with Gasteiger partial charge in [0, 0.05) is 30.5 Å². The minimum Gasteiger partial charge on any atom is -0.381 e. The van der Waals surface area contributed by atoms with Crippen molar-refractivity contribution in [3.05, 3.63) is 42.1 Å². The van der Waals surface area contributed by atoms with Crippen LogP contribution in [0.2, 0.25) is 0 Å². The van der Waals surface area contributed by atoms with Crippen molar-refractivity contribution in [2.75, 3.05) is 18.5 Å². The normalized spacial score (nSPS) is 18.6. The van der Waals surface area contributed by atoms with Crippen LogP contribution in [0.3, 0.4) is 0 Å². The maximum Gasteiger partial charge on any atom is 0.126 e. The van der Waals surface area contributed by atoms with Gasteiger partial charge < -0.3 is 14.6 Å². The Kier molecular flexibility index (Phi) is 4.16. The molecule has 5 heteroatoms. The van der Waals surface area contributed by atoms with Gasteiger partial charge in [-0.1, -0.05) is 0 Å². The fourth-order valence-electron chi connectivity index (χ4n) is 2.83. The van der Waals surface area contributed by atoms with Crippen molar-refractivity contribution in [1.29, 1.82) is 0 Å². The van der Waals surface area contributed by atoms with Crippen molar-refractivity contribution in [2.24, 2.45) is 0 Å². The van der Waals surface area contributed by atoms with Crippen LogP contribution in [-0.2, 0) is 16.8 Å². The molecular formula is C17H24N4O. The standard InChI is InChI=1S/C17H24N4O/c1-17(2,3)21-12-18-9-15(21)10-20-16-8-13(4-6-19-16)14-5-7-22-11-14/h4,6,8-9,12,14H,5,7,10-11H2,1-3H3,(H,19,20). The first kappa shape index (κ1) is 15.0. The van der Waals surface area contributed by atoms with E-state index in [0.29, 0.717) is 5.92 Å². The summed E-state index contributed by atoms with van der Waals surface area (Å²) in [5.41, 5.74) is 2.49. The number of ether oxygens (including phenoxy) is 1. The number of aromatic nitrogens is 3. The molecular weight excluding hydrogens is 276 g/mol. The van der Waals surface area contributed by atoms with E-state index in [1.165, 1.54) is 5.56 Å². The molecule has 2 aromatic heterocycles. The molecule has 118 valence electrons. The fraction of sp³-hybridized carbons (Fsp3) is 0.529. The predicted octanol–water partition coefficient (Wildman–Crippen LogP) is 3.15. The first-order valence-corrected chi connectivity index (χ1v) is 7.83. The molecule has 0 radical (unpaired) electrons. The van der Waals surface area contributed by atoms with Gasteiger partial charge in [0.05, 0.1) is 25.2 Å². The van der Waals surface area contributed by atoms with Crippen LogP contribution in [0.25, 0.3) is 0 Å². The largest absolute Gasteiger partial charge is 0.381 e. The third kappa shape index (κ3) is 3.30. The molecule has 2 aromatic rings. The number of imidazole rings is 1. The Morgan fingerprint density at radius 1 is 1.41 bits per heavy atom. The van der Waals surface area contributed by atoms with Crippen LogP contribution >= 0.6 is 0 Å². The number of hydrogen-bond donors (Lipinski definition) is 1. The van der Waals surface area contributed by atoms with Crippen LogP contribution in [0.15, 0.2) is 30.9 Å². The molecule has 1 atom stereocenters. The highest BCUT2D eigenvalue weighted by Gasteiger charge is 2.19. The molecule has 3 heterocycles. The van der Waals surface area contributed by atoms with Gasteiger partial charge in [-0.3, -0.25) is 0 Å². The number of anilines is 1. The molecule has 0 spiro atoms. The van der Waals surface area contributed by atoms with Gasteiger partial charge in [0.2, 0.25) is 0 Å². The van der Waals surface area contributed by atoms with E-state index >= 15 is 0 Å². The Hall–Kier alpha value is -1.88. The minimum absolute atomic E-state index is 0.0317. The molecule has 1 saturated heterocycles. The van der Waals surface area contributed by atoms with E-state index < -0.39 is 0 Å². The summed E-state index contributed by atoms with van der Waals surface area (Å²) < 4.78 is 7.66. The van der Waals surface area contributed by atoms with E-state index in [4.69, 9.17) is 4.74 Å². The highest BCUT2D eigenvalue weighted by atomic mass is 16.5. The fourth-order valence-corrected chi connectivity index (χ4v) is 2.83. The zero-order valence-electron chi connectivity index (χ0n) is 13.5. The van der Waals surface area contributed by atoms with Gasteiger partial charge in [-0.05, 0) is 44.9 Å². The molecule has 5 nitrogen and oxygen atoms in total. The van der Waals surface area contributed by atoms with E-state index in [1.54, 1.807) is 0 Å². The van der Waals surface area contributed by atoms with Gasteiger partial charge >= 0.3 is 0 Å². The molecule has 0 bridgehead atoms. The van der Waals surface area contributed by atoms with Crippen molar-refractivity contribution >= 4 is 5.82 Å². The van der Waals surface area contributed by atoms with Crippen LogP contribution in [-0.4, -0.2) is 27.7 Å². The summed E-state index contributed by atoms with van der Waals surface area (Å²) in [6, 6.07) is 4.22. The Balaban J connectivity index is 1.69. The highest BCUT2D eigenvalue weighted by Crippen LogP contribution is 2.26. The number of nitrogens with zero attached hydrogens (tertiary/aromatic N) is 3. The second kappa shape index (κ2) is 6.08. The van der Waals surface area contributed by atoms with Gasteiger partial charge in [-0.25, -0.2) is 9.97 Å². The summed E-state index contributed by atoms with van der Waals surface area (Å²) in [6.45, 7) is 8.93. The number of nitrogens with one attached hydrogen (secondary N) is 1. The van der Waals surface area contributed by atoms with Gasteiger partial charge in [-0.15, -0.1) is 0 Å². The molecule has 1 unspecified atom stereocenters. The molecule has 0 aliphatic carbocycles. The van der Waals surface area contributed by atoms with Crippen molar-refractivity contribution in [3.63, 3.8) is 0 Å². The topological polar surface area (TPSA) is 52.0 Å². The second-order valence-electron chi connectivity index (χ2n) is 6.81. The Morgan fingerprint density at radius 2 is 2.27 bits per heavy atom. The number of hydrogen-bond acceptors (Lipinski definition) is 4. The van der Waals surface area contributed by atoms with Crippen LogP contribution < -0.4 is 5.32 Å². The summed E-state index contributed by atoms with van der Waals surface area (Å²) in [5.74, 6) is 1.41. The number of pyridine rings is 1. The van der Waals surface area contributed by atoms with Gasteiger partial charge in [0.25, 0.3) is 0 Å². The summed E-state index contributed by atoms with van der Waals surface area (Å²) in [5, 5.41) is 3.41. The molecule has 0 amide bonds. The average molecular weight is 300 g/mol. The van der Waals surface area contributed by atoms with Crippen LogP contribution in [0.1, 0.15) is 44.4 Å². The van der Waals surface area contributed by atoms with Gasteiger partial charge in [0.1, 0.15) is 5.82 Å². The summed E-state index contributed by atoms with van der Waals surface area (Å²) in [4.78, 5) is 8.69. The van der Waals surface area contributed by atoms with Gasteiger partial charge in [-0.2, -0.15) is 0 Å². The van der Waals surface area contributed by atoms with Crippen molar-refractivity contribution in [2.45, 2.75) is 45.2 Å². The van der Waals surface area contributed by atoms with Crippen molar-refractivity contribution in [3.8, 4) is 0 Å².